The number of rotatable bonds is 6. The molecule has 0 aliphatic carbocycles. The van der Waals surface area contributed by atoms with Crippen LogP contribution in [-0.4, -0.2) is 16.2 Å². The Morgan fingerprint density at radius 1 is 0.517 bits per heavy atom. The summed E-state index contributed by atoms with van der Waals surface area (Å²) in [6.45, 7) is 20.9. The van der Waals surface area contributed by atoms with Crippen LogP contribution in [0.2, 0.25) is 0 Å². The SMILES string of the molecule is CC(C)(C)c1cc(N2CN(c3cccc(Oc4ccc5c6c(F)cccc6n(-c6cc(C(C)(C)C)ccn6)c5c4)c3)c3cc(-c4ccccc4)ccc32)cc(C(C)(C)C)c1. The molecule has 0 atom stereocenters. The van der Waals surface area contributed by atoms with Crippen LogP contribution < -0.4 is 14.5 Å². The molecule has 8 aromatic rings. The lowest BCUT2D eigenvalue weighted by molar-refractivity contribution is 0.483. The number of halogens is 1. The van der Waals surface area contributed by atoms with E-state index in [1.807, 2.05) is 47.2 Å². The smallest absolute Gasteiger partial charge is 0.137 e. The molecular weight excluding hydrogens is 740 g/mol. The Morgan fingerprint density at radius 2 is 1.20 bits per heavy atom. The van der Waals surface area contributed by atoms with E-state index in [1.165, 1.54) is 28.4 Å². The van der Waals surface area contributed by atoms with E-state index in [1.54, 1.807) is 6.07 Å². The third kappa shape index (κ3) is 7.19. The predicted octanol–water partition coefficient (Wildman–Crippen LogP) is 14.9. The Balaban J connectivity index is 1.13. The standard InChI is InChI=1S/C54H53FN4O/c1-52(2,3)37-25-26-56-50(31-37)59-47-20-14-19-45(55)51(47)44-23-22-43(33-48(44)59)60-42-18-13-17-40(32-42)57-34-58(41-29-38(53(4,5)6)28-39(30-41)54(7,8)9)46-24-21-36(27-49(46)57)35-15-11-10-12-16-35/h10-33H,34H2,1-9H3. The fourth-order valence-electron chi connectivity index (χ4n) is 8.32. The summed E-state index contributed by atoms with van der Waals surface area (Å²) in [4.78, 5) is 9.61. The van der Waals surface area contributed by atoms with Crippen molar-refractivity contribution in [1.82, 2.24) is 9.55 Å². The molecule has 0 spiro atoms. The lowest BCUT2D eigenvalue weighted by Crippen LogP contribution is -2.25. The number of benzene rings is 6. The summed E-state index contributed by atoms with van der Waals surface area (Å²) in [6.07, 6.45) is 1.84. The van der Waals surface area contributed by atoms with Gasteiger partial charge in [0.2, 0.25) is 0 Å². The highest BCUT2D eigenvalue weighted by atomic mass is 19.1. The van der Waals surface area contributed by atoms with Crippen LogP contribution in [0.1, 0.15) is 79.0 Å². The Bertz CT molecular complexity index is 2880. The van der Waals surface area contributed by atoms with Crippen molar-refractivity contribution in [3.8, 4) is 28.4 Å². The van der Waals surface area contributed by atoms with Crippen LogP contribution in [0.4, 0.5) is 27.1 Å². The van der Waals surface area contributed by atoms with E-state index >= 15 is 4.39 Å². The van der Waals surface area contributed by atoms with Crippen molar-refractivity contribution in [1.29, 1.82) is 0 Å². The molecule has 0 amide bonds. The second kappa shape index (κ2) is 14.4. The minimum absolute atomic E-state index is 0.0143. The van der Waals surface area contributed by atoms with Crippen LogP contribution >= 0.6 is 0 Å². The van der Waals surface area contributed by atoms with Crippen LogP contribution in [0.5, 0.6) is 11.5 Å². The fourth-order valence-corrected chi connectivity index (χ4v) is 8.32. The maximum absolute atomic E-state index is 15.6. The van der Waals surface area contributed by atoms with Gasteiger partial charge >= 0.3 is 0 Å². The van der Waals surface area contributed by atoms with E-state index in [9.17, 15) is 0 Å². The number of fused-ring (bicyclic) bond motifs is 4. The average Bonchev–Trinajstić information content (AvgIpc) is 3.76. The largest absolute Gasteiger partial charge is 0.457 e. The molecule has 9 rings (SSSR count). The first-order chi connectivity index (χ1) is 28.5. The van der Waals surface area contributed by atoms with Crippen molar-refractivity contribution in [2.45, 2.75) is 78.6 Å². The van der Waals surface area contributed by atoms with Crippen molar-refractivity contribution in [2.24, 2.45) is 0 Å². The van der Waals surface area contributed by atoms with Crippen LogP contribution in [0.25, 0.3) is 38.8 Å². The molecule has 0 N–H and O–H groups in total. The molecule has 60 heavy (non-hydrogen) atoms. The van der Waals surface area contributed by atoms with Gasteiger partial charge in [0.15, 0.2) is 0 Å². The molecule has 3 heterocycles. The quantitative estimate of drug-likeness (QED) is 0.168. The van der Waals surface area contributed by atoms with Gasteiger partial charge in [-0.05, 0) is 117 Å². The molecule has 0 radical (unpaired) electrons. The van der Waals surface area contributed by atoms with Gasteiger partial charge in [-0.3, -0.25) is 4.57 Å². The number of ether oxygens (including phenoxy) is 1. The van der Waals surface area contributed by atoms with Crippen molar-refractivity contribution in [3.05, 3.63) is 168 Å². The van der Waals surface area contributed by atoms with E-state index in [2.05, 4.69) is 163 Å². The highest BCUT2D eigenvalue weighted by Gasteiger charge is 2.31. The Labute approximate surface area is 353 Å². The summed E-state index contributed by atoms with van der Waals surface area (Å²) < 4.78 is 24.3. The molecule has 0 unspecified atom stereocenters. The van der Waals surface area contributed by atoms with Gasteiger partial charge in [0.25, 0.3) is 0 Å². The molecule has 1 aliphatic heterocycles. The second-order valence-corrected chi connectivity index (χ2v) is 19.2. The van der Waals surface area contributed by atoms with Crippen molar-refractivity contribution in [3.63, 3.8) is 0 Å². The molecular formula is C54H53FN4O. The second-order valence-electron chi connectivity index (χ2n) is 19.2. The maximum atomic E-state index is 15.6. The van der Waals surface area contributed by atoms with Gasteiger partial charge in [-0.15, -0.1) is 0 Å². The minimum Gasteiger partial charge on any atom is -0.457 e. The Kier molecular flexibility index (Phi) is 9.38. The molecule has 0 saturated carbocycles. The van der Waals surface area contributed by atoms with E-state index in [0.29, 0.717) is 23.6 Å². The number of pyridine rings is 1. The molecule has 302 valence electrons. The molecule has 2 aromatic heterocycles. The number of hydrogen-bond acceptors (Lipinski definition) is 4. The minimum atomic E-state index is -0.264. The average molecular weight is 793 g/mol. The third-order valence-electron chi connectivity index (χ3n) is 11.8. The van der Waals surface area contributed by atoms with Crippen LogP contribution in [-0.2, 0) is 16.2 Å². The fraction of sp³-hybridized carbons (Fsp3) is 0.241. The van der Waals surface area contributed by atoms with Crippen molar-refractivity contribution < 1.29 is 9.13 Å². The predicted molar refractivity (Wildman–Crippen MR) is 249 cm³/mol. The molecule has 0 bridgehead atoms. The van der Waals surface area contributed by atoms with Crippen LogP contribution in [0.15, 0.2) is 146 Å². The van der Waals surface area contributed by atoms with Gasteiger partial charge < -0.3 is 14.5 Å². The Hall–Kier alpha value is -6.40. The molecule has 0 saturated heterocycles. The summed E-state index contributed by atoms with van der Waals surface area (Å²) in [5.74, 6) is 1.83. The van der Waals surface area contributed by atoms with E-state index in [0.717, 1.165) is 50.4 Å². The normalized spacial score (nSPS) is 13.4. The highest BCUT2D eigenvalue weighted by molar-refractivity contribution is 6.09. The summed E-state index contributed by atoms with van der Waals surface area (Å²) in [5, 5.41) is 1.37. The van der Waals surface area contributed by atoms with Crippen LogP contribution in [0.3, 0.4) is 0 Å². The molecule has 6 aromatic carbocycles. The van der Waals surface area contributed by atoms with Crippen molar-refractivity contribution >= 4 is 44.6 Å². The zero-order valence-electron chi connectivity index (χ0n) is 36.1. The van der Waals surface area contributed by atoms with Gasteiger partial charge in [0.05, 0.1) is 22.4 Å². The summed E-state index contributed by atoms with van der Waals surface area (Å²) >= 11 is 0. The molecule has 5 nitrogen and oxygen atoms in total. The lowest BCUT2D eigenvalue weighted by atomic mass is 9.80. The summed E-state index contributed by atoms with van der Waals surface area (Å²) in [7, 11) is 0. The monoisotopic (exact) mass is 792 g/mol. The maximum Gasteiger partial charge on any atom is 0.137 e. The van der Waals surface area contributed by atoms with Crippen LogP contribution in [0, 0.1) is 5.82 Å². The van der Waals surface area contributed by atoms with Crippen molar-refractivity contribution in [2.75, 3.05) is 16.5 Å². The molecule has 1 aliphatic rings. The zero-order valence-corrected chi connectivity index (χ0v) is 36.1. The third-order valence-corrected chi connectivity index (χ3v) is 11.8. The van der Waals surface area contributed by atoms with Gasteiger partial charge in [-0.25, -0.2) is 9.37 Å². The number of nitrogens with zero attached hydrogens (tertiary/aromatic N) is 4. The Morgan fingerprint density at radius 3 is 1.92 bits per heavy atom. The van der Waals surface area contributed by atoms with Gasteiger partial charge in [-0.1, -0.05) is 117 Å². The first kappa shape index (κ1) is 39.1. The number of hydrogen-bond donors (Lipinski definition) is 0. The molecule has 6 heteroatoms. The first-order valence-electron chi connectivity index (χ1n) is 20.9. The molecule has 0 fully saturated rings. The number of aromatic nitrogens is 2. The lowest BCUT2D eigenvalue weighted by Gasteiger charge is -2.29. The van der Waals surface area contributed by atoms with Gasteiger partial charge in [-0.2, -0.15) is 0 Å². The summed E-state index contributed by atoms with van der Waals surface area (Å²) in [6, 6.07) is 48.1. The topological polar surface area (TPSA) is 33.5 Å². The first-order valence-corrected chi connectivity index (χ1v) is 20.9. The van der Waals surface area contributed by atoms with Gasteiger partial charge in [0.1, 0.15) is 29.8 Å². The van der Waals surface area contributed by atoms with E-state index in [4.69, 9.17) is 9.72 Å². The zero-order chi connectivity index (χ0) is 42.1. The summed E-state index contributed by atoms with van der Waals surface area (Å²) in [5.41, 5.74) is 12.1. The van der Waals surface area contributed by atoms with E-state index in [-0.39, 0.29) is 22.1 Å². The van der Waals surface area contributed by atoms with E-state index < -0.39 is 0 Å². The number of anilines is 4. The highest BCUT2D eigenvalue weighted by Crippen LogP contribution is 2.48. The van der Waals surface area contributed by atoms with Gasteiger partial charge in [0, 0.05) is 40.5 Å².